The van der Waals surface area contributed by atoms with Gasteiger partial charge in [-0.15, -0.1) is 0 Å². The maximum Gasteiger partial charge on any atom is 0.297 e. The van der Waals surface area contributed by atoms with Gasteiger partial charge in [-0.1, -0.05) is 42.5 Å². The second-order valence-electron chi connectivity index (χ2n) is 7.38. The van der Waals surface area contributed by atoms with Crippen molar-refractivity contribution in [2.24, 2.45) is 0 Å². The Balaban J connectivity index is 1.81. The fourth-order valence-corrected chi connectivity index (χ4v) is 4.76. The van der Waals surface area contributed by atoms with Crippen molar-refractivity contribution in [3.8, 4) is 11.5 Å². The van der Waals surface area contributed by atoms with Crippen LogP contribution in [-0.2, 0) is 20.9 Å². The van der Waals surface area contributed by atoms with Crippen molar-refractivity contribution in [1.82, 2.24) is 0 Å². The summed E-state index contributed by atoms with van der Waals surface area (Å²) in [5, 5.41) is 14.1. The van der Waals surface area contributed by atoms with Crippen LogP contribution in [-0.4, -0.2) is 26.6 Å². The SMILES string of the molecule is CCOc1c2ccccc2c(OCC)c2c(COS(=O)(=O)c3ccc([N+](=O)[O-])cc3)cccc12. The summed E-state index contributed by atoms with van der Waals surface area (Å²) in [6.45, 7) is 4.42. The zero-order valence-corrected chi connectivity index (χ0v) is 19.5. The highest BCUT2D eigenvalue weighted by Gasteiger charge is 2.21. The van der Waals surface area contributed by atoms with Crippen LogP contribution in [0.4, 0.5) is 5.69 Å². The van der Waals surface area contributed by atoms with Gasteiger partial charge in [-0.2, -0.15) is 8.42 Å². The van der Waals surface area contributed by atoms with E-state index in [4.69, 9.17) is 13.7 Å². The Labute approximate surface area is 197 Å². The van der Waals surface area contributed by atoms with Gasteiger partial charge < -0.3 is 9.47 Å². The third-order valence-corrected chi connectivity index (χ3v) is 6.60. The lowest BCUT2D eigenvalue weighted by Crippen LogP contribution is -2.07. The van der Waals surface area contributed by atoms with Crippen molar-refractivity contribution in [2.75, 3.05) is 13.2 Å². The maximum absolute atomic E-state index is 12.8. The first kappa shape index (κ1) is 23.5. The van der Waals surface area contributed by atoms with E-state index in [0.717, 1.165) is 40.4 Å². The summed E-state index contributed by atoms with van der Waals surface area (Å²) in [6, 6.07) is 17.8. The quantitative estimate of drug-likeness (QED) is 0.132. The monoisotopic (exact) mass is 481 g/mol. The number of nitrogens with zero attached hydrogens (tertiary/aromatic N) is 1. The van der Waals surface area contributed by atoms with Crippen molar-refractivity contribution in [1.29, 1.82) is 0 Å². The number of nitro benzene ring substituents is 1. The van der Waals surface area contributed by atoms with Gasteiger partial charge >= 0.3 is 0 Å². The molecule has 0 saturated heterocycles. The molecule has 0 fully saturated rings. The Bertz CT molecular complexity index is 1460. The number of hydrogen-bond acceptors (Lipinski definition) is 7. The second kappa shape index (κ2) is 9.66. The Morgan fingerprint density at radius 1 is 0.794 bits per heavy atom. The van der Waals surface area contributed by atoms with Gasteiger partial charge in [-0.05, 0) is 31.5 Å². The van der Waals surface area contributed by atoms with Crippen molar-refractivity contribution in [2.45, 2.75) is 25.3 Å². The van der Waals surface area contributed by atoms with Gasteiger partial charge in [0.1, 0.15) is 11.5 Å². The minimum Gasteiger partial charge on any atom is -0.493 e. The van der Waals surface area contributed by atoms with E-state index in [0.29, 0.717) is 35.7 Å². The molecule has 0 atom stereocenters. The minimum atomic E-state index is -4.15. The van der Waals surface area contributed by atoms with E-state index in [-0.39, 0.29) is 17.2 Å². The molecule has 8 nitrogen and oxygen atoms in total. The van der Waals surface area contributed by atoms with Crippen LogP contribution in [0.3, 0.4) is 0 Å². The van der Waals surface area contributed by atoms with Crippen LogP contribution in [0, 0.1) is 10.1 Å². The molecule has 176 valence electrons. The number of ether oxygens (including phenoxy) is 2. The van der Waals surface area contributed by atoms with Crippen LogP contribution in [0.15, 0.2) is 71.6 Å². The van der Waals surface area contributed by atoms with Crippen molar-refractivity contribution >= 4 is 37.4 Å². The predicted molar refractivity (Wildman–Crippen MR) is 129 cm³/mol. The van der Waals surface area contributed by atoms with Gasteiger partial charge in [0.25, 0.3) is 15.8 Å². The molecule has 4 aromatic carbocycles. The largest absolute Gasteiger partial charge is 0.493 e. The first-order valence-corrected chi connectivity index (χ1v) is 12.1. The van der Waals surface area contributed by atoms with E-state index in [2.05, 4.69) is 0 Å². The molecule has 0 amide bonds. The van der Waals surface area contributed by atoms with Crippen LogP contribution < -0.4 is 9.47 Å². The molecule has 0 aromatic heterocycles. The lowest BCUT2D eigenvalue weighted by Gasteiger charge is -2.19. The number of non-ortho nitro benzene ring substituents is 1. The van der Waals surface area contributed by atoms with E-state index >= 15 is 0 Å². The molecular weight excluding hydrogens is 458 g/mol. The topological polar surface area (TPSA) is 105 Å². The standard InChI is InChI=1S/C25H23NO7S/c1-3-31-24-20-9-5-6-10-21(20)25(32-4-2)23-17(8-7-11-22(23)24)16-33-34(29,30)19-14-12-18(13-15-19)26(27)28/h5-15H,3-4,16H2,1-2H3. The summed E-state index contributed by atoms with van der Waals surface area (Å²) < 4.78 is 42.9. The fourth-order valence-electron chi connectivity index (χ4n) is 3.87. The second-order valence-corrected chi connectivity index (χ2v) is 8.99. The summed E-state index contributed by atoms with van der Waals surface area (Å²) >= 11 is 0. The Morgan fingerprint density at radius 3 is 2.00 bits per heavy atom. The third kappa shape index (κ3) is 4.40. The van der Waals surface area contributed by atoms with E-state index in [1.165, 1.54) is 0 Å². The number of benzene rings is 4. The molecule has 34 heavy (non-hydrogen) atoms. The van der Waals surface area contributed by atoms with E-state index in [1.807, 2.05) is 50.2 Å². The summed E-state index contributed by atoms with van der Waals surface area (Å²) in [6.07, 6.45) is 0. The van der Waals surface area contributed by atoms with Crippen LogP contribution in [0.25, 0.3) is 21.5 Å². The number of nitro groups is 1. The lowest BCUT2D eigenvalue weighted by atomic mass is 9.97. The Hall–Kier alpha value is -3.69. The molecule has 0 radical (unpaired) electrons. The highest BCUT2D eigenvalue weighted by molar-refractivity contribution is 7.86. The first-order valence-electron chi connectivity index (χ1n) is 10.7. The van der Waals surface area contributed by atoms with Gasteiger partial charge in [-0.25, -0.2) is 0 Å². The Kier molecular flexibility index (Phi) is 6.67. The maximum atomic E-state index is 12.8. The number of hydrogen-bond donors (Lipinski definition) is 0. The molecule has 0 bridgehead atoms. The van der Waals surface area contributed by atoms with Crippen molar-refractivity contribution in [3.63, 3.8) is 0 Å². The minimum absolute atomic E-state index is 0.163. The molecule has 0 aliphatic rings. The average molecular weight is 482 g/mol. The third-order valence-electron chi connectivity index (χ3n) is 5.32. The van der Waals surface area contributed by atoms with E-state index in [9.17, 15) is 18.5 Å². The molecule has 0 spiro atoms. The lowest BCUT2D eigenvalue weighted by molar-refractivity contribution is -0.384. The van der Waals surface area contributed by atoms with Crippen LogP contribution >= 0.6 is 0 Å². The van der Waals surface area contributed by atoms with E-state index < -0.39 is 15.0 Å². The molecule has 4 rings (SSSR count). The highest BCUT2D eigenvalue weighted by atomic mass is 32.2. The smallest absolute Gasteiger partial charge is 0.297 e. The van der Waals surface area contributed by atoms with Crippen molar-refractivity contribution in [3.05, 3.63) is 82.4 Å². The summed E-state index contributed by atoms with van der Waals surface area (Å²) in [4.78, 5) is 10.1. The van der Waals surface area contributed by atoms with Gasteiger partial charge in [0.15, 0.2) is 0 Å². The van der Waals surface area contributed by atoms with Gasteiger partial charge in [0.05, 0.1) is 29.6 Å². The Morgan fingerprint density at radius 2 is 1.38 bits per heavy atom. The zero-order chi connectivity index (χ0) is 24.3. The molecule has 0 unspecified atom stereocenters. The van der Waals surface area contributed by atoms with E-state index in [1.54, 1.807) is 6.07 Å². The number of fused-ring (bicyclic) bond motifs is 2. The summed E-state index contributed by atoms with van der Waals surface area (Å²) in [5.41, 5.74) is 0.405. The van der Waals surface area contributed by atoms with Crippen molar-refractivity contribution < 1.29 is 27.0 Å². The van der Waals surface area contributed by atoms with Gasteiger partial charge in [-0.3, -0.25) is 14.3 Å². The van der Waals surface area contributed by atoms with Gasteiger partial charge in [0, 0.05) is 33.7 Å². The predicted octanol–water partition coefficient (Wildman–Crippen LogP) is 5.60. The highest BCUT2D eigenvalue weighted by Crippen LogP contribution is 2.44. The first-order chi connectivity index (χ1) is 16.4. The molecule has 0 heterocycles. The summed E-state index contributed by atoms with van der Waals surface area (Å²) in [5.74, 6) is 1.32. The normalized spacial score (nSPS) is 11.6. The fraction of sp³-hybridized carbons (Fsp3) is 0.200. The van der Waals surface area contributed by atoms with Gasteiger partial charge in [0.2, 0.25) is 0 Å². The molecule has 0 aliphatic carbocycles. The molecule has 0 N–H and O–H groups in total. The zero-order valence-electron chi connectivity index (χ0n) is 18.7. The molecule has 4 aromatic rings. The van der Waals surface area contributed by atoms with Crippen LogP contribution in [0.5, 0.6) is 11.5 Å². The molecule has 9 heteroatoms. The summed E-state index contributed by atoms with van der Waals surface area (Å²) in [7, 11) is -4.15. The van der Waals surface area contributed by atoms with Crippen LogP contribution in [0.1, 0.15) is 19.4 Å². The molecule has 0 aliphatic heterocycles. The number of rotatable bonds is 9. The average Bonchev–Trinajstić information content (AvgIpc) is 2.84. The van der Waals surface area contributed by atoms with Crippen LogP contribution in [0.2, 0.25) is 0 Å². The molecular formula is C25H23NO7S. The molecule has 0 saturated carbocycles.